The van der Waals surface area contributed by atoms with Crippen LogP contribution in [-0.2, 0) is 49.4 Å². The molecule has 156 valence electrons. The highest BCUT2D eigenvalue weighted by Crippen LogP contribution is 2.57. The van der Waals surface area contributed by atoms with Gasteiger partial charge in [-0.2, -0.15) is 0 Å². The van der Waals surface area contributed by atoms with Gasteiger partial charge in [-0.3, -0.25) is 14.4 Å². The van der Waals surface area contributed by atoms with Gasteiger partial charge in [0.15, 0.2) is 11.9 Å². The van der Waals surface area contributed by atoms with Crippen molar-refractivity contribution in [3.05, 3.63) is 0 Å². The first-order chi connectivity index (χ1) is 12.7. The lowest BCUT2D eigenvalue weighted by Gasteiger charge is -2.27. The molecule has 8 nitrogen and oxygen atoms in total. The Kier molecular flexibility index (Phi) is 9.34. The molecule has 0 aliphatic heterocycles. The van der Waals surface area contributed by atoms with Crippen LogP contribution in [0.2, 0.25) is 0 Å². The number of methoxy groups -OCH3 is 2. The zero-order chi connectivity index (χ0) is 20.7. The number of carbonyl (C=O) groups excluding carboxylic acids is 3. The van der Waals surface area contributed by atoms with Crippen molar-refractivity contribution in [2.75, 3.05) is 40.2 Å². The van der Waals surface area contributed by atoms with Crippen LogP contribution in [0.25, 0.3) is 0 Å². The van der Waals surface area contributed by atoms with E-state index in [2.05, 4.69) is 0 Å². The van der Waals surface area contributed by atoms with Gasteiger partial charge in [0.05, 0.1) is 40.0 Å². The summed E-state index contributed by atoms with van der Waals surface area (Å²) in [6.07, 6.45) is 0.265. The number of ether oxygens (including phenoxy) is 3. The minimum atomic E-state index is -2.68. The largest absolute Gasteiger partial charge is 0.468 e. The van der Waals surface area contributed by atoms with Gasteiger partial charge in [-0.15, -0.1) is 0 Å². The third-order valence-corrected chi connectivity index (χ3v) is 7.90. The van der Waals surface area contributed by atoms with Crippen molar-refractivity contribution in [2.24, 2.45) is 17.3 Å². The molecular formula is C17H29O8PS. The van der Waals surface area contributed by atoms with Crippen molar-refractivity contribution in [1.29, 1.82) is 0 Å². The van der Waals surface area contributed by atoms with Gasteiger partial charge in [0, 0.05) is 6.16 Å². The van der Waals surface area contributed by atoms with Gasteiger partial charge in [-0.05, 0) is 51.3 Å². The molecule has 1 aliphatic carbocycles. The van der Waals surface area contributed by atoms with Crippen molar-refractivity contribution in [2.45, 2.75) is 33.6 Å². The molecule has 1 fully saturated rings. The van der Waals surface area contributed by atoms with Gasteiger partial charge in [0.2, 0.25) is 0 Å². The number of hydrogen-bond donors (Lipinski definition) is 0. The predicted octanol–water partition coefficient (Wildman–Crippen LogP) is 2.29. The minimum Gasteiger partial charge on any atom is -0.468 e. The molecule has 1 aliphatic rings. The van der Waals surface area contributed by atoms with E-state index in [1.807, 2.05) is 13.8 Å². The highest BCUT2D eigenvalue weighted by atomic mass is 32.5. The molecule has 0 heterocycles. The first kappa shape index (κ1) is 24.0. The summed E-state index contributed by atoms with van der Waals surface area (Å²) in [6.45, 7) is 3.57. The fourth-order valence-corrected chi connectivity index (χ4v) is 6.80. The van der Waals surface area contributed by atoms with Crippen LogP contribution in [0.5, 0.6) is 0 Å². The molecule has 0 bridgehead atoms. The van der Waals surface area contributed by atoms with Gasteiger partial charge in [-0.25, -0.2) is 0 Å². The third kappa shape index (κ3) is 5.50. The Bertz CT molecular complexity index is 567. The lowest BCUT2D eigenvalue weighted by Crippen LogP contribution is -2.39. The van der Waals surface area contributed by atoms with Gasteiger partial charge in [-0.1, -0.05) is 0 Å². The lowest BCUT2D eigenvalue weighted by molar-refractivity contribution is -0.169. The Morgan fingerprint density at radius 2 is 1.48 bits per heavy atom. The van der Waals surface area contributed by atoms with Crippen LogP contribution in [0.3, 0.4) is 0 Å². The summed E-state index contributed by atoms with van der Waals surface area (Å²) in [6, 6.07) is 0. The van der Waals surface area contributed by atoms with E-state index in [1.165, 1.54) is 14.2 Å². The average molecular weight is 424 g/mol. The van der Waals surface area contributed by atoms with Crippen LogP contribution >= 0.6 is 6.49 Å². The summed E-state index contributed by atoms with van der Waals surface area (Å²) in [7, 11) is 2.40. The molecule has 0 radical (unpaired) electrons. The predicted molar refractivity (Wildman–Crippen MR) is 102 cm³/mol. The molecule has 10 heteroatoms. The summed E-state index contributed by atoms with van der Waals surface area (Å²) < 4.78 is 26.2. The van der Waals surface area contributed by atoms with Gasteiger partial charge in [0.1, 0.15) is 0 Å². The van der Waals surface area contributed by atoms with E-state index in [9.17, 15) is 14.4 Å². The molecule has 27 heavy (non-hydrogen) atoms. The first-order valence-electron chi connectivity index (χ1n) is 8.95. The average Bonchev–Trinajstić information content (AvgIpc) is 3.01. The van der Waals surface area contributed by atoms with E-state index >= 15 is 0 Å². The maximum Gasteiger partial charge on any atom is 0.323 e. The Balaban J connectivity index is 3.28. The maximum atomic E-state index is 12.5. The molecule has 1 saturated carbocycles. The van der Waals surface area contributed by atoms with Crippen molar-refractivity contribution in [3.8, 4) is 0 Å². The monoisotopic (exact) mass is 424 g/mol. The third-order valence-electron chi connectivity index (χ3n) is 4.60. The van der Waals surface area contributed by atoms with E-state index in [0.29, 0.717) is 13.2 Å². The molecule has 1 rings (SSSR count). The number of rotatable bonds is 10. The van der Waals surface area contributed by atoms with Gasteiger partial charge in [0.25, 0.3) is 0 Å². The van der Waals surface area contributed by atoms with Crippen molar-refractivity contribution in [3.63, 3.8) is 0 Å². The van der Waals surface area contributed by atoms with Crippen LogP contribution < -0.4 is 0 Å². The number of esters is 3. The van der Waals surface area contributed by atoms with E-state index in [4.69, 9.17) is 35.1 Å². The van der Waals surface area contributed by atoms with Crippen LogP contribution in [0, 0.1) is 17.3 Å². The molecule has 0 saturated heterocycles. The Morgan fingerprint density at radius 3 is 1.89 bits per heavy atom. The standard InChI is InChI=1S/C17H29O8PS/c1-6-23-14(18)13-10-17(15(19)21-4,16(20)22-5)9-12(13)11-26(27,24-7-2)25-8-3/h12-13H,6-11H2,1-5H3/t12?,13-/m0/s1. The summed E-state index contributed by atoms with van der Waals surface area (Å²) in [5, 5.41) is 0. The fraction of sp³-hybridized carbons (Fsp3) is 0.824. The molecule has 0 spiro atoms. The Labute approximate surface area is 165 Å². The van der Waals surface area contributed by atoms with E-state index in [-0.39, 0.29) is 25.6 Å². The molecule has 0 aromatic carbocycles. The zero-order valence-electron chi connectivity index (χ0n) is 16.5. The molecule has 0 amide bonds. The van der Waals surface area contributed by atoms with Crippen molar-refractivity contribution >= 4 is 36.2 Å². The number of carbonyl (C=O) groups is 3. The van der Waals surface area contributed by atoms with E-state index in [0.717, 1.165) is 0 Å². The van der Waals surface area contributed by atoms with Gasteiger partial charge < -0.3 is 23.3 Å². The highest BCUT2D eigenvalue weighted by Gasteiger charge is 2.60. The smallest absolute Gasteiger partial charge is 0.323 e. The second kappa shape index (κ2) is 10.5. The molecule has 0 N–H and O–H groups in total. The quantitative estimate of drug-likeness (QED) is 0.226. The minimum absolute atomic E-state index is 0.0522. The summed E-state index contributed by atoms with van der Waals surface area (Å²) >= 11 is 5.59. The molecular weight excluding hydrogens is 395 g/mol. The van der Waals surface area contributed by atoms with Gasteiger partial charge >= 0.3 is 17.9 Å². The second-order valence-corrected chi connectivity index (χ2v) is 9.99. The maximum absolute atomic E-state index is 12.5. The van der Waals surface area contributed by atoms with Crippen LogP contribution in [0.4, 0.5) is 0 Å². The van der Waals surface area contributed by atoms with Crippen molar-refractivity contribution in [1.82, 2.24) is 0 Å². The summed E-state index contributed by atoms with van der Waals surface area (Å²) in [4.78, 5) is 37.5. The normalized spacial score (nSPS) is 21.5. The van der Waals surface area contributed by atoms with E-state index in [1.54, 1.807) is 6.92 Å². The van der Waals surface area contributed by atoms with Crippen LogP contribution in [-0.4, -0.2) is 58.1 Å². The lowest BCUT2D eigenvalue weighted by atomic mass is 9.85. The molecule has 1 unspecified atom stereocenters. The summed E-state index contributed by atoms with van der Waals surface area (Å²) in [5.41, 5.74) is -1.57. The first-order valence-corrected chi connectivity index (χ1v) is 11.8. The topological polar surface area (TPSA) is 97.4 Å². The SMILES string of the molecule is CCOC(=O)[C@H]1CC(C(=O)OC)(C(=O)OC)CC1CP(=S)(OCC)OCC. The van der Waals surface area contributed by atoms with Crippen molar-refractivity contribution < 1.29 is 37.6 Å². The molecule has 0 aromatic rings. The van der Waals surface area contributed by atoms with Crippen LogP contribution in [0.15, 0.2) is 0 Å². The Hall–Kier alpha value is -1.02. The molecule has 0 aromatic heterocycles. The summed E-state index contributed by atoms with van der Waals surface area (Å²) in [5.74, 6) is -3.07. The Morgan fingerprint density at radius 1 is 0.963 bits per heavy atom. The highest BCUT2D eigenvalue weighted by molar-refractivity contribution is 8.09. The second-order valence-electron chi connectivity index (χ2n) is 6.22. The number of hydrogen-bond acceptors (Lipinski definition) is 9. The molecule has 2 atom stereocenters. The fourth-order valence-electron chi connectivity index (χ4n) is 3.56. The van der Waals surface area contributed by atoms with E-state index < -0.39 is 41.7 Å². The zero-order valence-corrected chi connectivity index (χ0v) is 18.2. The van der Waals surface area contributed by atoms with Crippen LogP contribution in [0.1, 0.15) is 33.6 Å².